The molecule has 4 rings (SSSR count). The zero-order chi connectivity index (χ0) is 19.7. The highest BCUT2D eigenvalue weighted by Crippen LogP contribution is 2.36. The van der Waals surface area contributed by atoms with Gasteiger partial charge < -0.3 is 9.22 Å². The van der Waals surface area contributed by atoms with Crippen molar-refractivity contribution in [2.24, 2.45) is 5.92 Å². The van der Waals surface area contributed by atoms with Crippen LogP contribution in [0.1, 0.15) is 42.5 Å². The van der Waals surface area contributed by atoms with Gasteiger partial charge in [-0.2, -0.15) is 0 Å². The lowest BCUT2D eigenvalue weighted by Gasteiger charge is -2.51. The first kappa shape index (κ1) is 18.9. The minimum Gasteiger partial charge on any atom is -0.462 e. The molecule has 6 nitrogen and oxygen atoms in total. The predicted molar refractivity (Wildman–Crippen MR) is 105 cm³/mol. The summed E-state index contributed by atoms with van der Waals surface area (Å²) in [5.74, 6) is -0.662. The Balaban J connectivity index is 1.37. The maximum absolute atomic E-state index is 12.5. The number of amides is 2. The molecule has 0 spiro atoms. The van der Waals surface area contributed by atoms with Gasteiger partial charge in [0.25, 0.3) is 11.8 Å². The summed E-state index contributed by atoms with van der Waals surface area (Å²) < 4.78 is 6.79. The van der Waals surface area contributed by atoms with Crippen LogP contribution in [0, 0.1) is 5.92 Å². The summed E-state index contributed by atoms with van der Waals surface area (Å²) in [7, 11) is 2.35. The maximum atomic E-state index is 12.5. The largest absolute Gasteiger partial charge is 0.462 e. The number of carbonyl (C=O) groups is 3. The van der Waals surface area contributed by atoms with Crippen molar-refractivity contribution in [2.45, 2.75) is 38.1 Å². The fraction of sp³-hybridized carbons (Fsp3) is 0.500. The van der Waals surface area contributed by atoms with Gasteiger partial charge in [-0.15, -0.1) is 0 Å². The fourth-order valence-corrected chi connectivity index (χ4v) is 5.10. The van der Waals surface area contributed by atoms with E-state index in [0.29, 0.717) is 29.8 Å². The number of imide groups is 1. The van der Waals surface area contributed by atoms with E-state index in [1.54, 1.807) is 24.3 Å². The summed E-state index contributed by atoms with van der Waals surface area (Å²) in [6, 6.07) is 7.03. The summed E-state index contributed by atoms with van der Waals surface area (Å²) in [4.78, 5) is 37.1. The van der Waals surface area contributed by atoms with E-state index in [0.717, 1.165) is 15.8 Å². The molecule has 0 aliphatic carbocycles. The average Bonchev–Trinajstić information content (AvgIpc) is 3.03. The highest BCUT2D eigenvalue weighted by molar-refractivity contribution is 6.28. The molecule has 3 aliphatic rings. The van der Waals surface area contributed by atoms with Crippen LogP contribution in [-0.2, 0) is 14.3 Å². The first-order chi connectivity index (χ1) is 13.5. The third-order valence-electron chi connectivity index (χ3n) is 6.61. The number of piperidine rings is 2. The summed E-state index contributed by atoms with van der Waals surface area (Å²) in [6.07, 6.45) is 8.58. The van der Waals surface area contributed by atoms with E-state index in [-0.39, 0.29) is 17.8 Å². The van der Waals surface area contributed by atoms with Crippen LogP contribution in [0.2, 0.25) is 0 Å². The van der Waals surface area contributed by atoms with Gasteiger partial charge in [-0.3, -0.25) is 9.59 Å². The summed E-state index contributed by atoms with van der Waals surface area (Å²) in [5.41, 5.74) is 0.895. The molecule has 0 N–H and O–H groups in total. The minimum atomic E-state index is -0.369. The van der Waals surface area contributed by atoms with E-state index >= 15 is 0 Å². The Kier molecular flexibility index (Phi) is 5.06. The Morgan fingerprint density at radius 1 is 1.04 bits per heavy atom. The summed E-state index contributed by atoms with van der Waals surface area (Å²) >= 11 is 0. The number of quaternary nitrogens is 1. The van der Waals surface area contributed by atoms with Crippen LogP contribution in [-0.4, -0.2) is 55.1 Å². The SMILES string of the molecule is C[N@+]12CCCC[C@@H]1[C@H](COC(=O)c1ccc(N3C(=O)C=CC3=O)cc1)CCC2. The molecule has 3 aliphatic heterocycles. The zero-order valence-corrected chi connectivity index (χ0v) is 16.3. The van der Waals surface area contributed by atoms with Gasteiger partial charge >= 0.3 is 5.97 Å². The number of fused-ring (bicyclic) bond motifs is 1. The molecule has 1 aromatic rings. The van der Waals surface area contributed by atoms with Gasteiger partial charge in [0.05, 0.1) is 37.4 Å². The lowest BCUT2D eigenvalue weighted by molar-refractivity contribution is -0.947. The van der Waals surface area contributed by atoms with Crippen molar-refractivity contribution >= 4 is 23.5 Å². The van der Waals surface area contributed by atoms with Gasteiger partial charge in [0.1, 0.15) is 6.61 Å². The van der Waals surface area contributed by atoms with Crippen LogP contribution in [0.25, 0.3) is 0 Å². The second kappa shape index (κ2) is 7.51. The van der Waals surface area contributed by atoms with Gasteiger partial charge in [0, 0.05) is 24.5 Å². The number of rotatable bonds is 4. The summed E-state index contributed by atoms with van der Waals surface area (Å²) in [5, 5.41) is 0. The van der Waals surface area contributed by atoms with Crippen LogP contribution < -0.4 is 4.90 Å². The standard InChI is InChI=1S/C22H27N2O4/c1-24-13-3-2-6-19(24)17(5-4-14-24)15-28-22(27)16-7-9-18(10-8-16)23-20(25)11-12-21(23)26/h7-12,17,19H,2-6,13-15H2,1H3/q+1/t17-,19+,24+/m0/s1. The molecule has 6 heteroatoms. The van der Waals surface area contributed by atoms with Crippen LogP contribution in [0.5, 0.6) is 0 Å². The zero-order valence-electron chi connectivity index (χ0n) is 16.3. The number of hydrogen-bond donors (Lipinski definition) is 0. The van der Waals surface area contributed by atoms with Gasteiger partial charge in [0.15, 0.2) is 0 Å². The molecule has 3 heterocycles. The number of hydrogen-bond acceptors (Lipinski definition) is 4. The Hall–Kier alpha value is -2.47. The lowest BCUT2D eigenvalue weighted by Crippen LogP contribution is -2.61. The van der Waals surface area contributed by atoms with Gasteiger partial charge in [-0.05, 0) is 49.9 Å². The van der Waals surface area contributed by atoms with Crippen molar-refractivity contribution < 1.29 is 23.6 Å². The molecule has 3 atom stereocenters. The Morgan fingerprint density at radius 3 is 2.43 bits per heavy atom. The molecule has 2 saturated heterocycles. The average molecular weight is 383 g/mol. The normalized spacial score (nSPS) is 29.7. The smallest absolute Gasteiger partial charge is 0.338 e. The van der Waals surface area contributed by atoms with Crippen LogP contribution in [0.4, 0.5) is 5.69 Å². The molecule has 148 valence electrons. The molecule has 0 saturated carbocycles. The second-order valence-corrected chi connectivity index (χ2v) is 8.38. The van der Waals surface area contributed by atoms with Crippen molar-refractivity contribution in [3.8, 4) is 0 Å². The van der Waals surface area contributed by atoms with Crippen molar-refractivity contribution in [2.75, 3.05) is 31.6 Å². The number of benzene rings is 1. The fourth-order valence-electron chi connectivity index (χ4n) is 5.10. The highest BCUT2D eigenvalue weighted by Gasteiger charge is 2.43. The maximum Gasteiger partial charge on any atom is 0.338 e. The van der Waals surface area contributed by atoms with Crippen molar-refractivity contribution in [1.82, 2.24) is 0 Å². The molecule has 2 amide bonds. The van der Waals surface area contributed by atoms with Crippen LogP contribution in [0.15, 0.2) is 36.4 Å². The lowest BCUT2D eigenvalue weighted by atomic mass is 9.82. The van der Waals surface area contributed by atoms with Crippen LogP contribution in [0.3, 0.4) is 0 Å². The number of anilines is 1. The van der Waals surface area contributed by atoms with Crippen molar-refractivity contribution in [3.63, 3.8) is 0 Å². The molecule has 0 bridgehead atoms. The Labute approximate surface area is 165 Å². The first-order valence-electron chi connectivity index (χ1n) is 10.2. The summed E-state index contributed by atoms with van der Waals surface area (Å²) in [6.45, 7) is 2.94. The van der Waals surface area contributed by atoms with Crippen LogP contribution >= 0.6 is 0 Å². The van der Waals surface area contributed by atoms with E-state index in [9.17, 15) is 14.4 Å². The van der Waals surface area contributed by atoms with E-state index in [1.165, 1.54) is 50.9 Å². The van der Waals surface area contributed by atoms with E-state index in [2.05, 4.69) is 7.05 Å². The number of ether oxygens (including phenoxy) is 1. The Morgan fingerprint density at radius 2 is 1.71 bits per heavy atom. The molecular formula is C22H27N2O4+. The van der Waals surface area contributed by atoms with Crippen molar-refractivity contribution in [1.29, 1.82) is 0 Å². The van der Waals surface area contributed by atoms with E-state index in [4.69, 9.17) is 4.74 Å². The third kappa shape index (κ3) is 3.49. The quantitative estimate of drug-likeness (QED) is 0.456. The van der Waals surface area contributed by atoms with E-state index < -0.39 is 0 Å². The number of esters is 1. The number of nitrogens with zero attached hydrogens (tertiary/aromatic N) is 2. The van der Waals surface area contributed by atoms with Gasteiger partial charge in [0.2, 0.25) is 0 Å². The number of carbonyl (C=O) groups excluding carboxylic acids is 3. The topological polar surface area (TPSA) is 63.7 Å². The first-order valence-corrected chi connectivity index (χ1v) is 10.2. The van der Waals surface area contributed by atoms with E-state index in [1.807, 2.05) is 0 Å². The molecular weight excluding hydrogens is 356 g/mol. The van der Waals surface area contributed by atoms with Crippen molar-refractivity contribution in [3.05, 3.63) is 42.0 Å². The molecule has 0 aromatic heterocycles. The molecule has 0 radical (unpaired) electrons. The van der Waals surface area contributed by atoms with Gasteiger partial charge in [-0.25, -0.2) is 9.69 Å². The highest BCUT2D eigenvalue weighted by atomic mass is 16.5. The monoisotopic (exact) mass is 383 g/mol. The predicted octanol–water partition coefficient (Wildman–Crippen LogP) is 2.68. The molecule has 2 fully saturated rings. The Bertz CT molecular complexity index is 794. The van der Waals surface area contributed by atoms with Gasteiger partial charge in [-0.1, -0.05) is 0 Å². The third-order valence-corrected chi connectivity index (χ3v) is 6.61. The molecule has 0 unspecified atom stereocenters. The molecule has 28 heavy (non-hydrogen) atoms. The minimum absolute atomic E-state index is 0.348. The second-order valence-electron chi connectivity index (χ2n) is 8.38. The molecule has 1 aromatic carbocycles.